The summed E-state index contributed by atoms with van der Waals surface area (Å²) in [5, 5.41) is 10.1. The van der Waals surface area contributed by atoms with Gasteiger partial charge in [0.2, 0.25) is 0 Å². The van der Waals surface area contributed by atoms with Gasteiger partial charge in [-0.05, 0) is 0 Å². The van der Waals surface area contributed by atoms with Crippen molar-refractivity contribution in [2.45, 2.75) is 6.18 Å². The smallest absolute Gasteiger partial charge is 0.258 e. The first-order valence-electron chi connectivity index (χ1n) is 3.75. The van der Waals surface area contributed by atoms with Gasteiger partial charge in [0, 0.05) is 6.07 Å². The Bertz CT molecular complexity index is 421. The molecule has 0 N–H and O–H groups in total. The van der Waals surface area contributed by atoms with E-state index < -0.39 is 22.4 Å². The predicted octanol–water partition coefficient (Wildman–Crippen LogP) is 1.53. The van der Waals surface area contributed by atoms with Crippen LogP contribution in [0.15, 0.2) is 12.1 Å². The molecule has 0 aliphatic carbocycles. The van der Waals surface area contributed by atoms with Crippen LogP contribution in [0.2, 0.25) is 5.02 Å². The van der Waals surface area contributed by atoms with E-state index in [1.54, 1.807) is 0 Å². The molecular formula is C7H4BClF3NO2. The average molecular weight is 237 g/mol. The lowest BCUT2D eigenvalue weighted by atomic mass is 9.93. The van der Waals surface area contributed by atoms with E-state index in [-0.39, 0.29) is 10.5 Å². The van der Waals surface area contributed by atoms with E-state index in [9.17, 15) is 23.3 Å². The normalized spacial score (nSPS) is 11.5. The summed E-state index contributed by atoms with van der Waals surface area (Å²) in [4.78, 5) is 9.47. The van der Waals surface area contributed by atoms with E-state index in [1.165, 1.54) is 7.85 Å². The molecule has 0 fully saturated rings. The zero-order valence-electron chi connectivity index (χ0n) is 7.43. The molecule has 3 nitrogen and oxygen atoms in total. The highest BCUT2D eigenvalue weighted by molar-refractivity contribution is 6.46. The van der Waals surface area contributed by atoms with Crippen molar-refractivity contribution >= 4 is 30.6 Å². The fourth-order valence-corrected chi connectivity index (χ4v) is 1.23. The SMILES string of the molecule is Bc1cc(C(F)(F)F)cc([N+](=O)[O-])c1Cl. The zero-order valence-corrected chi connectivity index (χ0v) is 8.19. The molecule has 0 saturated carbocycles. The molecule has 1 aromatic carbocycles. The molecule has 0 aliphatic heterocycles. The summed E-state index contributed by atoms with van der Waals surface area (Å²) in [6.45, 7) is 0. The molecule has 15 heavy (non-hydrogen) atoms. The van der Waals surface area contributed by atoms with Gasteiger partial charge in [-0.15, -0.1) is 0 Å². The summed E-state index contributed by atoms with van der Waals surface area (Å²) < 4.78 is 36.8. The van der Waals surface area contributed by atoms with Crippen molar-refractivity contribution < 1.29 is 18.1 Å². The second kappa shape index (κ2) is 3.73. The maximum Gasteiger partial charge on any atom is 0.416 e. The van der Waals surface area contributed by atoms with Gasteiger partial charge in [-0.2, -0.15) is 13.2 Å². The molecule has 0 aromatic heterocycles. The van der Waals surface area contributed by atoms with Crippen molar-refractivity contribution in [2.24, 2.45) is 0 Å². The van der Waals surface area contributed by atoms with Crippen molar-refractivity contribution in [3.8, 4) is 0 Å². The van der Waals surface area contributed by atoms with Gasteiger partial charge in [0.05, 0.1) is 10.5 Å². The largest absolute Gasteiger partial charge is 0.416 e. The van der Waals surface area contributed by atoms with Gasteiger partial charge in [-0.1, -0.05) is 23.1 Å². The quantitative estimate of drug-likeness (QED) is 0.422. The van der Waals surface area contributed by atoms with Gasteiger partial charge >= 0.3 is 6.18 Å². The Balaban J connectivity index is 3.43. The van der Waals surface area contributed by atoms with Crippen molar-refractivity contribution in [1.29, 1.82) is 0 Å². The van der Waals surface area contributed by atoms with Crippen LogP contribution >= 0.6 is 11.6 Å². The lowest BCUT2D eigenvalue weighted by Crippen LogP contribution is -2.14. The van der Waals surface area contributed by atoms with Crippen LogP contribution in [-0.2, 0) is 6.18 Å². The van der Waals surface area contributed by atoms with Gasteiger partial charge < -0.3 is 0 Å². The molecule has 0 spiro atoms. The van der Waals surface area contributed by atoms with E-state index in [1.807, 2.05) is 0 Å². The fraction of sp³-hybridized carbons (Fsp3) is 0.143. The van der Waals surface area contributed by atoms with Crippen LogP contribution < -0.4 is 5.46 Å². The van der Waals surface area contributed by atoms with E-state index in [0.717, 1.165) is 6.07 Å². The number of rotatable bonds is 1. The van der Waals surface area contributed by atoms with Crippen LogP contribution in [0.3, 0.4) is 0 Å². The van der Waals surface area contributed by atoms with E-state index in [4.69, 9.17) is 11.6 Å². The molecule has 0 heterocycles. The molecule has 80 valence electrons. The third-order valence-corrected chi connectivity index (χ3v) is 2.25. The molecule has 0 atom stereocenters. The molecule has 0 amide bonds. The van der Waals surface area contributed by atoms with Gasteiger partial charge in [0.1, 0.15) is 12.9 Å². The Hall–Kier alpha value is -1.24. The molecular weight excluding hydrogens is 233 g/mol. The molecule has 0 unspecified atom stereocenters. The molecule has 0 aliphatic rings. The van der Waals surface area contributed by atoms with Crippen molar-refractivity contribution in [3.63, 3.8) is 0 Å². The molecule has 0 bridgehead atoms. The van der Waals surface area contributed by atoms with Gasteiger partial charge in [-0.25, -0.2) is 0 Å². The van der Waals surface area contributed by atoms with Crippen LogP contribution in [0, 0.1) is 10.1 Å². The van der Waals surface area contributed by atoms with Gasteiger partial charge in [0.25, 0.3) is 5.69 Å². The Morgan fingerprint density at radius 1 is 1.40 bits per heavy atom. The van der Waals surface area contributed by atoms with Crippen molar-refractivity contribution in [1.82, 2.24) is 0 Å². The minimum atomic E-state index is -4.61. The summed E-state index contributed by atoms with van der Waals surface area (Å²) >= 11 is 5.50. The lowest BCUT2D eigenvalue weighted by Gasteiger charge is -2.08. The first kappa shape index (κ1) is 11.8. The summed E-state index contributed by atoms with van der Waals surface area (Å²) in [6, 6.07) is 1.20. The van der Waals surface area contributed by atoms with E-state index >= 15 is 0 Å². The maximum atomic E-state index is 12.3. The number of benzene rings is 1. The Morgan fingerprint density at radius 3 is 2.33 bits per heavy atom. The highest BCUT2D eigenvalue weighted by Gasteiger charge is 2.33. The van der Waals surface area contributed by atoms with Crippen LogP contribution in [0.4, 0.5) is 18.9 Å². The first-order chi connectivity index (χ1) is 6.73. The molecule has 1 aromatic rings. The first-order valence-corrected chi connectivity index (χ1v) is 4.13. The third kappa shape index (κ3) is 2.41. The minimum Gasteiger partial charge on any atom is -0.258 e. The number of alkyl halides is 3. The van der Waals surface area contributed by atoms with Crippen LogP contribution in [-0.4, -0.2) is 12.8 Å². The van der Waals surface area contributed by atoms with Gasteiger partial charge in [0.15, 0.2) is 0 Å². The maximum absolute atomic E-state index is 12.3. The van der Waals surface area contributed by atoms with Crippen LogP contribution in [0.1, 0.15) is 5.56 Å². The van der Waals surface area contributed by atoms with Crippen LogP contribution in [0.5, 0.6) is 0 Å². The zero-order chi connectivity index (χ0) is 11.8. The highest BCUT2D eigenvalue weighted by atomic mass is 35.5. The standard InChI is InChI=1S/C7H4BClF3NO2/c8-4-1-3(7(10,11)12)2-5(6(4)9)13(14)15/h1-2H,8H2. The number of halogens is 4. The van der Waals surface area contributed by atoms with Gasteiger partial charge in [-0.3, -0.25) is 10.1 Å². The number of hydrogen-bond acceptors (Lipinski definition) is 2. The third-order valence-electron chi connectivity index (χ3n) is 1.76. The summed E-state index contributed by atoms with van der Waals surface area (Å²) in [5.74, 6) is 0. The van der Waals surface area contributed by atoms with E-state index in [0.29, 0.717) is 6.07 Å². The Morgan fingerprint density at radius 2 is 1.93 bits per heavy atom. The van der Waals surface area contributed by atoms with Crippen molar-refractivity contribution in [2.75, 3.05) is 0 Å². The predicted molar refractivity (Wildman–Crippen MR) is 51.3 cm³/mol. The van der Waals surface area contributed by atoms with Crippen molar-refractivity contribution in [3.05, 3.63) is 32.8 Å². The minimum absolute atomic E-state index is 0.0261. The number of hydrogen-bond donors (Lipinski definition) is 0. The second-order valence-electron chi connectivity index (χ2n) is 2.88. The Kier molecular flexibility index (Phi) is 2.94. The molecule has 0 saturated heterocycles. The highest BCUT2D eigenvalue weighted by Crippen LogP contribution is 2.33. The summed E-state index contributed by atoms with van der Waals surface area (Å²) in [7, 11) is 1.28. The molecule has 8 heteroatoms. The number of nitrogens with zero attached hydrogens (tertiary/aromatic N) is 1. The Labute approximate surface area is 88.4 Å². The molecule has 1 rings (SSSR count). The summed E-state index contributed by atoms with van der Waals surface area (Å²) in [6.07, 6.45) is -4.61. The van der Waals surface area contributed by atoms with E-state index in [2.05, 4.69) is 0 Å². The van der Waals surface area contributed by atoms with Crippen LogP contribution in [0.25, 0.3) is 0 Å². The monoisotopic (exact) mass is 237 g/mol. The average Bonchev–Trinajstić information content (AvgIpc) is 2.06. The number of nitro benzene ring substituents is 1. The topological polar surface area (TPSA) is 43.1 Å². The molecule has 0 radical (unpaired) electrons. The summed E-state index contributed by atoms with van der Waals surface area (Å²) in [5.41, 5.74) is -1.78. The second-order valence-corrected chi connectivity index (χ2v) is 3.26. The lowest BCUT2D eigenvalue weighted by molar-refractivity contribution is -0.384. The number of nitro groups is 1. The fourth-order valence-electron chi connectivity index (χ4n) is 1.05.